The molecular formula is C13H13Cl2FN2O. The van der Waals surface area contributed by atoms with Crippen molar-refractivity contribution in [3.8, 4) is 0 Å². The number of aromatic nitrogens is 2. The van der Waals surface area contributed by atoms with E-state index in [1.54, 1.807) is 10.7 Å². The zero-order valence-electron chi connectivity index (χ0n) is 10.3. The largest absolute Gasteiger partial charge is 0.382 e. The second-order valence-corrected chi connectivity index (χ2v) is 4.93. The number of aliphatic hydroxyl groups is 1. The highest BCUT2D eigenvalue weighted by Gasteiger charge is 2.22. The standard InChI is InChI=1S/C13H13Cl2FN2O/c1-2-6-18-12(9(14)7-17-18)13(19)8-4-3-5-10(16)11(8)15/h3-5,7,13,19H,2,6H2,1H3. The van der Waals surface area contributed by atoms with Crippen molar-refractivity contribution in [1.82, 2.24) is 9.78 Å². The van der Waals surface area contributed by atoms with Crippen molar-refractivity contribution in [3.05, 3.63) is 51.5 Å². The summed E-state index contributed by atoms with van der Waals surface area (Å²) in [5.74, 6) is -0.573. The highest BCUT2D eigenvalue weighted by molar-refractivity contribution is 6.32. The maximum atomic E-state index is 13.4. The maximum Gasteiger partial charge on any atom is 0.142 e. The minimum Gasteiger partial charge on any atom is -0.382 e. The molecule has 0 saturated carbocycles. The number of benzene rings is 1. The first-order chi connectivity index (χ1) is 9.06. The lowest BCUT2D eigenvalue weighted by atomic mass is 10.1. The summed E-state index contributed by atoms with van der Waals surface area (Å²) in [6, 6.07) is 4.30. The fourth-order valence-corrected chi connectivity index (χ4v) is 2.39. The van der Waals surface area contributed by atoms with Gasteiger partial charge in [-0.2, -0.15) is 5.10 Å². The number of nitrogens with zero attached hydrogens (tertiary/aromatic N) is 2. The summed E-state index contributed by atoms with van der Waals surface area (Å²) in [6.07, 6.45) is 1.20. The molecule has 19 heavy (non-hydrogen) atoms. The van der Waals surface area contributed by atoms with Crippen LogP contribution in [0.2, 0.25) is 10.0 Å². The maximum absolute atomic E-state index is 13.4. The monoisotopic (exact) mass is 302 g/mol. The third-order valence-corrected chi connectivity index (χ3v) is 3.49. The quantitative estimate of drug-likeness (QED) is 0.932. The topological polar surface area (TPSA) is 38.0 Å². The fourth-order valence-electron chi connectivity index (χ4n) is 1.91. The number of rotatable bonds is 4. The van der Waals surface area contributed by atoms with Gasteiger partial charge in [0.15, 0.2) is 0 Å². The van der Waals surface area contributed by atoms with Gasteiger partial charge < -0.3 is 5.11 Å². The van der Waals surface area contributed by atoms with Gasteiger partial charge in [0.2, 0.25) is 0 Å². The van der Waals surface area contributed by atoms with Crippen LogP contribution in [0, 0.1) is 5.82 Å². The van der Waals surface area contributed by atoms with Crippen LogP contribution < -0.4 is 0 Å². The van der Waals surface area contributed by atoms with E-state index in [2.05, 4.69) is 5.10 Å². The Hall–Kier alpha value is -1.10. The normalized spacial score (nSPS) is 12.7. The van der Waals surface area contributed by atoms with E-state index in [-0.39, 0.29) is 10.6 Å². The van der Waals surface area contributed by atoms with Crippen LogP contribution >= 0.6 is 23.2 Å². The number of hydrogen-bond donors (Lipinski definition) is 1. The van der Waals surface area contributed by atoms with E-state index in [4.69, 9.17) is 23.2 Å². The van der Waals surface area contributed by atoms with Crippen LogP contribution in [0.4, 0.5) is 4.39 Å². The van der Waals surface area contributed by atoms with Crippen molar-refractivity contribution in [2.24, 2.45) is 0 Å². The summed E-state index contributed by atoms with van der Waals surface area (Å²) in [6.45, 7) is 2.60. The van der Waals surface area contributed by atoms with Crippen LogP contribution in [0.15, 0.2) is 24.4 Å². The van der Waals surface area contributed by atoms with Gasteiger partial charge in [-0.05, 0) is 12.5 Å². The molecule has 0 fully saturated rings. The summed E-state index contributed by atoms with van der Waals surface area (Å²) in [4.78, 5) is 0. The van der Waals surface area contributed by atoms with E-state index >= 15 is 0 Å². The third kappa shape index (κ3) is 2.76. The molecule has 1 heterocycles. The Balaban J connectivity index is 2.46. The van der Waals surface area contributed by atoms with Gasteiger partial charge in [-0.25, -0.2) is 4.39 Å². The van der Waals surface area contributed by atoms with Crippen molar-refractivity contribution < 1.29 is 9.50 Å². The second kappa shape index (κ2) is 5.90. The third-order valence-electron chi connectivity index (χ3n) is 2.80. The van der Waals surface area contributed by atoms with Gasteiger partial charge in [-0.3, -0.25) is 4.68 Å². The van der Waals surface area contributed by atoms with Crippen molar-refractivity contribution >= 4 is 23.2 Å². The molecule has 1 N–H and O–H groups in total. The zero-order valence-corrected chi connectivity index (χ0v) is 11.8. The predicted octanol–water partition coefficient (Wildman–Crippen LogP) is 3.82. The predicted molar refractivity (Wildman–Crippen MR) is 73.0 cm³/mol. The van der Waals surface area contributed by atoms with Gasteiger partial charge in [-0.15, -0.1) is 0 Å². The SMILES string of the molecule is CCCn1ncc(Cl)c1C(O)c1cccc(F)c1Cl. The molecule has 102 valence electrons. The second-order valence-electron chi connectivity index (χ2n) is 4.15. The van der Waals surface area contributed by atoms with E-state index in [1.807, 2.05) is 6.92 Å². The molecule has 0 aliphatic rings. The van der Waals surface area contributed by atoms with Crippen LogP contribution in [0.5, 0.6) is 0 Å². The van der Waals surface area contributed by atoms with Gasteiger partial charge in [0.05, 0.1) is 21.9 Å². The van der Waals surface area contributed by atoms with Crippen LogP contribution in [0.25, 0.3) is 0 Å². The highest BCUT2D eigenvalue weighted by atomic mass is 35.5. The first-order valence-corrected chi connectivity index (χ1v) is 6.65. The summed E-state index contributed by atoms with van der Waals surface area (Å²) in [5.41, 5.74) is 0.706. The molecule has 1 aromatic carbocycles. The van der Waals surface area contributed by atoms with Crippen molar-refractivity contribution in [1.29, 1.82) is 0 Å². The zero-order chi connectivity index (χ0) is 14.0. The molecule has 1 atom stereocenters. The molecule has 6 heteroatoms. The molecule has 0 aliphatic carbocycles. The van der Waals surface area contributed by atoms with E-state index in [9.17, 15) is 9.50 Å². The Morgan fingerprint density at radius 1 is 1.42 bits per heavy atom. The lowest BCUT2D eigenvalue weighted by Crippen LogP contribution is -2.11. The van der Waals surface area contributed by atoms with E-state index in [0.29, 0.717) is 17.3 Å². The smallest absolute Gasteiger partial charge is 0.142 e. The summed E-state index contributed by atoms with van der Waals surface area (Å²) < 4.78 is 15.0. The van der Waals surface area contributed by atoms with Gasteiger partial charge in [0, 0.05) is 12.1 Å². The summed E-state index contributed by atoms with van der Waals surface area (Å²) in [7, 11) is 0. The molecule has 0 spiro atoms. The molecule has 0 amide bonds. The molecule has 1 unspecified atom stereocenters. The number of aryl methyl sites for hydroxylation is 1. The fraction of sp³-hybridized carbons (Fsp3) is 0.308. The Bertz CT molecular complexity index is 586. The minimum absolute atomic E-state index is 0.102. The average Bonchev–Trinajstić information content (AvgIpc) is 2.74. The molecule has 0 saturated heterocycles. The molecule has 0 bridgehead atoms. The van der Waals surface area contributed by atoms with Gasteiger partial charge in [0.1, 0.15) is 11.9 Å². The Kier molecular flexibility index (Phi) is 4.45. The lowest BCUT2D eigenvalue weighted by Gasteiger charge is -2.15. The average molecular weight is 303 g/mol. The molecular weight excluding hydrogens is 290 g/mol. The summed E-state index contributed by atoms with van der Waals surface area (Å²) in [5, 5.41) is 14.7. The van der Waals surface area contributed by atoms with Crippen molar-refractivity contribution in [2.75, 3.05) is 0 Å². The van der Waals surface area contributed by atoms with Crippen molar-refractivity contribution in [2.45, 2.75) is 26.0 Å². The highest BCUT2D eigenvalue weighted by Crippen LogP contribution is 2.33. The molecule has 0 radical (unpaired) electrons. The van der Waals surface area contributed by atoms with Crippen LogP contribution in [-0.4, -0.2) is 14.9 Å². The van der Waals surface area contributed by atoms with E-state index < -0.39 is 11.9 Å². The van der Waals surface area contributed by atoms with Gasteiger partial charge in [-0.1, -0.05) is 42.3 Å². The minimum atomic E-state index is -1.11. The summed E-state index contributed by atoms with van der Waals surface area (Å²) >= 11 is 11.9. The molecule has 3 nitrogen and oxygen atoms in total. The van der Waals surface area contributed by atoms with Gasteiger partial charge >= 0.3 is 0 Å². The Labute approximate surface area is 120 Å². The molecule has 2 rings (SSSR count). The number of aliphatic hydroxyl groups excluding tert-OH is 1. The number of hydrogen-bond acceptors (Lipinski definition) is 2. The lowest BCUT2D eigenvalue weighted by molar-refractivity contribution is 0.207. The van der Waals surface area contributed by atoms with Crippen LogP contribution in [0.3, 0.4) is 0 Å². The number of halogens is 3. The molecule has 2 aromatic rings. The molecule has 1 aromatic heterocycles. The van der Waals surface area contributed by atoms with Crippen molar-refractivity contribution in [3.63, 3.8) is 0 Å². The van der Waals surface area contributed by atoms with E-state index in [1.165, 1.54) is 18.3 Å². The van der Waals surface area contributed by atoms with Crippen LogP contribution in [-0.2, 0) is 6.54 Å². The molecule has 0 aliphatic heterocycles. The Morgan fingerprint density at radius 3 is 2.84 bits per heavy atom. The van der Waals surface area contributed by atoms with Gasteiger partial charge in [0.25, 0.3) is 0 Å². The van der Waals surface area contributed by atoms with Crippen LogP contribution in [0.1, 0.15) is 30.7 Å². The first kappa shape index (κ1) is 14.3. The van der Waals surface area contributed by atoms with E-state index in [0.717, 1.165) is 6.42 Å². The first-order valence-electron chi connectivity index (χ1n) is 5.89. The Morgan fingerprint density at radius 2 is 2.16 bits per heavy atom.